The lowest BCUT2D eigenvalue weighted by Gasteiger charge is -2.33. The van der Waals surface area contributed by atoms with Crippen LogP contribution in [0.25, 0.3) is 0 Å². The Hall–Kier alpha value is -1.46. The zero-order valence-electron chi connectivity index (χ0n) is 13.1. The highest BCUT2D eigenvalue weighted by Crippen LogP contribution is 2.26. The van der Waals surface area contributed by atoms with Gasteiger partial charge in [-0.25, -0.2) is 0 Å². The van der Waals surface area contributed by atoms with Gasteiger partial charge in [-0.15, -0.1) is 22.0 Å². The molecule has 0 saturated carbocycles. The summed E-state index contributed by atoms with van der Waals surface area (Å²) in [5.74, 6) is 2.18. The third kappa shape index (κ3) is 4.30. The number of hydrogen-bond donors (Lipinski definition) is 0. The molecule has 3 rings (SSSR count). The number of ether oxygens (including phenoxy) is 1. The quantitative estimate of drug-likeness (QED) is 0.758. The Morgan fingerprint density at radius 3 is 2.87 bits per heavy atom. The van der Waals surface area contributed by atoms with E-state index in [1.165, 1.54) is 0 Å². The van der Waals surface area contributed by atoms with Crippen molar-refractivity contribution in [2.75, 3.05) is 30.9 Å². The summed E-state index contributed by atoms with van der Waals surface area (Å²) in [5.41, 5.74) is 0. The van der Waals surface area contributed by atoms with Crippen molar-refractivity contribution in [1.29, 1.82) is 0 Å². The molecule has 0 bridgehead atoms. The maximum atomic E-state index is 6.14. The summed E-state index contributed by atoms with van der Waals surface area (Å²) in [6.45, 7) is 2.64. The van der Waals surface area contributed by atoms with Gasteiger partial charge in [-0.05, 0) is 43.4 Å². The molecule has 1 aliphatic heterocycles. The van der Waals surface area contributed by atoms with Crippen molar-refractivity contribution in [2.24, 2.45) is 5.92 Å². The van der Waals surface area contributed by atoms with Gasteiger partial charge < -0.3 is 9.64 Å². The van der Waals surface area contributed by atoms with E-state index in [1.807, 2.05) is 36.6 Å². The van der Waals surface area contributed by atoms with E-state index in [-0.39, 0.29) is 0 Å². The standard InChI is InChI=1S/C17H20ClN3OS/c1-23-17-9-8-16(19-20-17)21-10-4-5-13(11-21)12-22-15-7-3-2-6-14(15)18/h2-3,6-9,13H,4-5,10-12H2,1H3. The maximum Gasteiger partial charge on any atom is 0.151 e. The van der Waals surface area contributed by atoms with Gasteiger partial charge >= 0.3 is 0 Å². The maximum absolute atomic E-state index is 6.14. The molecular weight excluding hydrogens is 330 g/mol. The van der Waals surface area contributed by atoms with E-state index in [1.54, 1.807) is 11.8 Å². The predicted octanol–water partition coefficient (Wildman–Crippen LogP) is 4.15. The van der Waals surface area contributed by atoms with Gasteiger partial charge in [0, 0.05) is 19.0 Å². The third-order valence-electron chi connectivity index (χ3n) is 3.99. The molecule has 1 saturated heterocycles. The van der Waals surface area contributed by atoms with Crippen LogP contribution in [0.1, 0.15) is 12.8 Å². The average molecular weight is 350 g/mol. The van der Waals surface area contributed by atoms with E-state index in [2.05, 4.69) is 21.2 Å². The topological polar surface area (TPSA) is 38.2 Å². The smallest absolute Gasteiger partial charge is 0.151 e. The van der Waals surface area contributed by atoms with Gasteiger partial charge in [0.15, 0.2) is 5.82 Å². The number of nitrogens with zero attached hydrogens (tertiary/aromatic N) is 3. The Labute approximate surface area is 146 Å². The Morgan fingerprint density at radius 1 is 1.26 bits per heavy atom. The Kier molecular flexibility index (Phi) is 5.62. The van der Waals surface area contributed by atoms with Crippen LogP contribution in [-0.4, -0.2) is 36.1 Å². The van der Waals surface area contributed by atoms with Gasteiger partial charge in [0.2, 0.25) is 0 Å². The van der Waals surface area contributed by atoms with Crippen molar-refractivity contribution in [3.63, 3.8) is 0 Å². The molecule has 0 aliphatic carbocycles. The Balaban J connectivity index is 1.58. The molecule has 1 aromatic heterocycles. The molecule has 2 heterocycles. The second kappa shape index (κ2) is 7.88. The fraction of sp³-hybridized carbons (Fsp3) is 0.412. The average Bonchev–Trinajstić information content (AvgIpc) is 2.61. The van der Waals surface area contributed by atoms with Crippen molar-refractivity contribution in [2.45, 2.75) is 17.9 Å². The number of benzene rings is 1. The van der Waals surface area contributed by atoms with Gasteiger partial charge in [-0.1, -0.05) is 23.7 Å². The van der Waals surface area contributed by atoms with Crippen LogP contribution in [0.15, 0.2) is 41.4 Å². The highest BCUT2D eigenvalue weighted by atomic mass is 35.5. The zero-order chi connectivity index (χ0) is 16.1. The summed E-state index contributed by atoms with van der Waals surface area (Å²) in [6, 6.07) is 11.7. The van der Waals surface area contributed by atoms with Crippen LogP contribution in [-0.2, 0) is 0 Å². The molecule has 2 aromatic rings. The minimum atomic E-state index is 0.474. The number of para-hydroxylation sites is 1. The fourth-order valence-electron chi connectivity index (χ4n) is 2.77. The first-order valence-corrected chi connectivity index (χ1v) is 9.36. The summed E-state index contributed by atoms with van der Waals surface area (Å²) < 4.78 is 5.90. The molecule has 1 unspecified atom stereocenters. The number of aromatic nitrogens is 2. The second-order valence-electron chi connectivity index (χ2n) is 5.63. The molecule has 0 amide bonds. The summed E-state index contributed by atoms with van der Waals surface area (Å²) in [6.07, 6.45) is 4.31. The highest BCUT2D eigenvalue weighted by molar-refractivity contribution is 7.98. The molecule has 1 fully saturated rings. The number of piperidine rings is 1. The van der Waals surface area contributed by atoms with Crippen LogP contribution in [0.2, 0.25) is 5.02 Å². The van der Waals surface area contributed by atoms with Crippen molar-refractivity contribution in [3.8, 4) is 5.75 Å². The molecule has 0 spiro atoms. The van der Waals surface area contributed by atoms with Crippen LogP contribution in [0, 0.1) is 5.92 Å². The van der Waals surface area contributed by atoms with Crippen molar-refractivity contribution < 1.29 is 4.74 Å². The number of anilines is 1. The molecule has 1 aromatic carbocycles. The normalized spacial score (nSPS) is 18.0. The van der Waals surface area contributed by atoms with Crippen LogP contribution in [0.4, 0.5) is 5.82 Å². The van der Waals surface area contributed by atoms with Gasteiger partial charge in [0.1, 0.15) is 10.8 Å². The van der Waals surface area contributed by atoms with Gasteiger partial charge in [-0.3, -0.25) is 0 Å². The SMILES string of the molecule is CSc1ccc(N2CCCC(COc3ccccc3Cl)C2)nn1. The van der Waals surface area contributed by atoms with E-state index in [9.17, 15) is 0 Å². The van der Waals surface area contributed by atoms with Crippen molar-refractivity contribution in [3.05, 3.63) is 41.4 Å². The highest BCUT2D eigenvalue weighted by Gasteiger charge is 2.22. The summed E-state index contributed by atoms with van der Waals surface area (Å²) in [5, 5.41) is 10.2. The molecular formula is C17H20ClN3OS. The number of hydrogen-bond acceptors (Lipinski definition) is 5. The van der Waals surface area contributed by atoms with E-state index < -0.39 is 0 Å². The van der Waals surface area contributed by atoms with Crippen LogP contribution in [0.5, 0.6) is 5.75 Å². The van der Waals surface area contributed by atoms with E-state index in [4.69, 9.17) is 16.3 Å². The summed E-state index contributed by atoms with van der Waals surface area (Å²) >= 11 is 7.75. The lowest BCUT2D eigenvalue weighted by Crippen LogP contribution is -2.38. The first kappa shape index (κ1) is 16.4. The van der Waals surface area contributed by atoms with E-state index in [0.29, 0.717) is 17.5 Å². The van der Waals surface area contributed by atoms with Crippen LogP contribution >= 0.6 is 23.4 Å². The van der Waals surface area contributed by atoms with Gasteiger partial charge in [0.25, 0.3) is 0 Å². The minimum absolute atomic E-state index is 0.474. The first-order valence-electron chi connectivity index (χ1n) is 7.76. The lowest BCUT2D eigenvalue weighted by molar-refractivity contribution is 0.228. The van der Waals surface area contributed by atoms with Gasteiger partial charge in [-0.2, -0.15) is 0 Å². The summed E-state index contributed by atoms with van der Waals surface area (Å²) in [7, 11) is 0. The van der Waals surface area contributed by atoms with Crippen molar-refractivity contribution >= 4 is 29.2 Å². The second-order valence-corrected chi connectivity index (χ2v) is 6.86. The van der Waals surface area contributed by atoms with E-state index in [0.717, 1.165) is 42.5 Å². The molecule has 0 radical (unpaired) electrons. The lowest BCUT2D eigenvalue weighted by atomic mass is 9.99. The molecule has 4 nitrogen and oxygen atoms in total. The monoisotopic (exact) mass is 349 g/mol. The molecule has 0 N–H and O–H groups in total. The molecule has 122 valence electrons. The molecule has 23 heavy (non-hydrogen) atoms. The number of thioether (sulfide) groups is 1. The Bertz CT molecular complexity index is 638. The molecule has 1 aliphatic rings. The first-order chi connectivity index (χ1) is 11.3. The van der Waals surface area contributed by atoms with E-state index >= 15 is 0 Å². The predicted molar refractivity (Wildman–Crippen MR) is 95.7 cm³/mol. The molecule has 1 atom stereocenters. The summed E-state index contributed by atoms with van der Waals surface area (Å²) in [4.78, 5) is 2.29. The van der Waals surface area contributed by atoms with Crippen LogP contribution in [0.3, 0.4) is 0 Å². The zero-order valence-corrected chi connectivity index (χ0v) is 14.7. The Morgan fingerprint density at radius 2 is 2.13 bits per heavy atom. The van der Waals surface area contributed by atoms with Crippen molar-refractivity contribution in [1.82, 2.24) is 10.2 Å². The largest absolute Gasteiger partial charge is 0.492 e. The number of rotatable bonds is 5. The van der Waals surface area contributed by atoms with Gasteiger partial charge in [0.05, 0.1) is 11.6 Å². The van der Waals surface area contributed by atoms with Crippen LogP contribution < -0.4 is 9.64 Å². The fourth-order valence-corrected chi connectivity index (χ4v) is 3.29. The minimum Gasteiger partial charge on any atom is -0.492 e. The number of halogens is 1. The molecule has 6 heteroatoms. The third-order valence-corrected chi connectivity index (χ3v) is 4.94.